The van der Waals surface area contributed by atoms with Gasteiger partial charge in [-0.05, 0) is 56.1 Å². The Kier molecular flexibility index (Phi) is 4.31. The van der Waals surface area contributed by atoms with Gasteiger partial charge in [-0.15, -0.1) is 0 Å². The molecule has 1 fully saturated rings. The fourth-order valence-electron chi connectivity index (χ4n) is 2.06. The molecule has 1 aromatic rings. The Morgan fingerprint density at radius 3 is 2.67 bits per heavy atom. The fraction of sp³-hybridized carbons (Fsp3) is 0.500. The van der Waals surface area contributed by atoms with Crippen molar-refractivity contribution in [3.05, 3.63) is 30.1 Å². The molecule has 4 nitrogen and oxygen atoms in total. The molecule has 0 radical (unpaired) electrons. The molecule has 2 rings (SSSR count). The van der Waals surface area contributed by atoms with E-state index in [1.807, 2.05) is 0 Å². The fourth-order valence-corrected chi connectivity index (χ4v) is 3.10. The van der Waals surface area contributed by atoms with Crippen molar-refractivity contribution in [2.75, 3.05) is 19.6 Å². The summed E-state index contributed by atoms with van der Waals surface area (Å²) < 4.78 is 39.0. The molecule has 100 valence electrons. The van der Waals surface area contributed by atoms with Crippen LogP contribution in [0.5, 0.6) is 0 Å². The lowest BCUT2D eigenvalue weighted by molar-refractivity contribution is 0.519. The topological polar surface area (TPSA) is 58.2 Å². The summed E-state index contributed by atoms with van der Waals surface area (Å²) in [6.07, 6.45) is 1.92. The zero-order chi connectivity index (χ0) is 13.0. The van der Waals surface area contributed by atoms with E-state index < -0.39 is 15.8 Å². The molecule has 1 aliphatic rings. The van der Waals surface area contributed by atoms with Crippen LogP contribution in [0.25, 0.3) is 0 Å². The molecule has 0 aromatic heterocycles. The Morgan fingerprint density at radius 2 is 2.06 bits per heavy atom. The smallest absolute Gasteiger partial charge is 0.240 e. The maximum absolute atomic E-state index is 12.7. The first-order valence-corrected chi connectivity index (χ1v) is 7.52. The van der Waals surface area contributed by atoms with Gasteiger partial charge in [0.2, 0.25) is 10.0 Å². The Labute approximate surface area is 107 Å². The van der Waals surface area contributed by atoms with Gasteiger partial charge in [0, 0.05) is 6.54 Å². The minimum atomic E-state index is -3.51. The molecule has 18 heavy (non-hydrogen) atoms. The first kappa shape index (κ1) is 13.5. The summed E-state index contributed by atoms with van der Waals surface area (Å²) in [6.45, 7) is 2.39. The molecule has 1 unspecified atom stereocenters. The third kappa shape index (κ3) is 3.51. The molecule has 0 spiro atoms. The molecule has 0 amide bonds. The molecule has 1 heterocycles. The predicted molar refractivity (Wildman–Crippen MR) is 67.2 cm³/mol. The molecule has 0 aliphatic carbocycles. The highest BCUT2D eigenvalue weighted by atomic mass is 32.2. The third-order valence-electron chi connectivity index (χ3n) is 3.13. The zero-order valence-corrected chi connectivity index (χ0v) is 10.8. The molecule has 0 bridgehead atoms. The maximum Gasteiger partial charge on any atom is 0.240 e. The van der Waals surface area contributed by atoms with Crippen molar-refractivity contribution in [3.8, 4) is 0 Å². The van der Waals surface area contributed by atoms with Gasteiger partial charge in [-0.3, -0.25) is 0 Å². The summed E-state index contributed by atoms with van der Waals surface area (Å²) in [5.74, 6) is 0.104. The summed E-state index contributed by atoms with van der Waals surface area (Å²) in [7, 11) is -3.51. The Morgan fingerprint density at radius 1 is 1.33 bits per heavy atom. The van der Waals surface area contributed by atoms with Crippen LogP contribution in [0.4, 0.5) is 4.39 Å². The maximum atomic E-state index is 12.7. The largest absolute Gasteiger partial charge is 0.316 e. The van der Waals surface area contributed by atoms with Gasteiger partial charge in [0.25, 0.3) is 0 Å². The average molecular weight is 272 g/mol. The summed E-state index contributed by atoms with van der Waals surface area (Å²) in [5.41, 5.74) is 0. The first-order valence-electron chi connectivity index (χ1n) is 6.04. The summed E-state index contributed by atoms with van der Waals surface area (Å²) >= 11 is 0. The van der Waals surface area contributed by atoms with Crippen LogP contribution in [0.15, 0.2) is 29.2 Å². The van der Waals surface area contributed by atoms with Crippen molar-refractivity contribution in [2.45, 2.75) is 17.7 Å². The van der Waals surface area contributed by atoms with E-state index in [9.17, 15) is 12.8 Å². The normalized spacial score (nSPS) is 20.2. The second-order valence-corrected chi connectivity index (χ2v) is 6.27. The highest BCUT2D eigenvalue weighted by molar-refractivity contribution is 7.89. The lowest BCUT2D eigenvalue weighted by Gasteiger charge is -2.10. The summed E-state index contributed by atoms with van der Waals surface area (Å²) in [4.78, 5) is 0.105. The van der Waals surface area contributed by atoms with Gasteiger partial charge >= 0.3 is 0 Å². The van der Waals surface area contributed by atoms with Crippen molar-refractivity contribution < 1.29 is 12.8 Å². The highest BCUT2D eigenvalue weighted by Gasteiger charge is 2.17. The van der Waals surface area contributed by atoms with Gasteiger partial charge in [-0.25, -0.2) is 17.5 Å². The Bertz CT molecular complexity index is 481. The molecular formula is C12H17FN2O2S. The van der Waals surface area contributed by atoms with E-state index in [2.05, 4.69) is 10.0 Å². The van der Waals surface area contributed by atoms with Gasteiger partial charge in [-0.1, -0.05) is 0 Å². The molecule has 1 aliphatic heterocycles. The van der Waals surface area contributed by atoms with E-state index in [0.29, 0.717) is 12.5 Å². The van der Waals surface area contributed by atoms with Gasteiger partial charge in [0.1, 0.15) is 5.82 Å². The lowest BCUT2D eigenvalue weighted by atomic mass is 10.1. The van der Waals surface area contributed by atoms with E-state index in [4.69, 9.17) is 0 Å². The molecule has 2 N–H and O–H groups in total. The zero-order valence-electron chi connectivity index (χ0n) is 10.0. The van der Waals surface area contributed by atoms with Crippen molar-refractivity contribution in [1.29, 1.82) is 0 Å². The molecule has 1 saturated heterocycles. The average Bonchev–Trinajstić information content (AvgIpc) is 2.82. The van der Waals surface area contributed by atoms with Gasteiger partial charge in [0.05, 0.1) is 4.90 Å². The van der Waals surface area contributed by atoms with Crippen LogP contribution in [0.1, 0.15) is 12.8 Å². The van der Waals surface area contributed by atoms with E-state index in [1.165, 1.54) is 12.1 Å². The number of rotatable bonds is 5. The van der Waals surface area contributed by atoms with Crippen LogP contribution in [0.3, 0.4) is 0 Å². The molecular weight excluding hydrogens is 255 g/mol. The molecule has 0 saturated carbocycles. The highest BCUT2D eigenvalue weighted by Crippen LogP contribution is 2.13. The minimum absolute atomic E-state index is 0.105. The van der Waals surface area contributed by atoms with Gasteiger partial charge in [0.15, 0.2) is 0 Å². The van der Waals surface area contributed by atoms with Crippen LogP contribution in [-0.4, -0.2) is 28.1 Å². The monoisotopic (exact) mass is 272 g/mol. The van der Waals surface area contributed by atoms with Crippen LogP contribution in [0, 0.1) is 11.7 Å². The SMILES string of the molecule is O=S(=O)(NCCC1CCNC1)c1ccc(F)cc1. The number of benzene rings is 1. The van der Waals surface area contributed by atoms with E-state index in [0.717, 1.165) is 38.1 Å². The van der Waals surface area contributed by atoms with Crippen molar-refractivity contribution >= 4 is 10.0 Å². The summed E-state index contributed by atoms with van der Waals surface area (Å²) in [5, 5.41) is 3.24. The van der Waals surface area contributed by atoms with Crippen LogP contribution in [-0.2, 0) is 10.0 Å². The molecule has 6 heteroatoms. The van der Waals surface area contributed by atoms with E-state index >= 15 is 0 Å². The first-order chi connectivity index (χ1) is 8.58. The molecule has 1 atom stereocenters. The van der Waals surface area contributed by atoms with Gasteiger partial charge < -0.3 is 5.32 Å². The number of halogens is 1. The number of sulfonamides is 1. The Hall–Kier alpha value is -0.980. The van der Waals surface area contributed by atoms with E-state index in [-0.39, 0.29) is 4.90 Å². The third-order valence-corrected chi connectivity index (χ3v) is 4.61. The number of hydrogen-bond acceptors (Lipinski definition) is 3. The van der Waals surface area contributed by atoms with Crippen LogP contribution in [0.2, 0.25) is 0 Å². The van der Waals surface area contributed by atoms with Crippen LogP contribution >= 0.6 is 0 Å². The van der Waals surface area contributed by atoms with Crippen molar-refractivity contribution in [3.63, 3.8) is 0 Å². The number of hydrogen-bond donors (Lipinski definition) is 2. The Balaban J connectivity index is 1.88. The second-order valence-electron chi connectivity index (χ2n) is 4.50. The van der Waals surface area contributed by atoms with Gasteiger partial charge in [-0.2, -0.15) is 0 Å². The van der Waals surface area contributed by atoms with Crippen molar-refractivity contribution in [1.82, 2.24) is 10.0 Å². The lowest BCUT2D eigenvalue weighted by Crippen LogP contribution is -2.26. The quantitative estimate of drug-likeness (QED) is 0.844. The van der Waals surface area contributed by atoms with Crippen LogP contribution < -0.4 is 10.0 Å². The van der Waals surface area contributed by atoms with Crippen molar-refractivity contribution in [2.24, 2.45) is 5.92 Å². The molecule has 1 aromatic carbocycles. The van der Waals surface area contributed by atoms with E-state index in [1.54, 1.807) is 0 Å². The number of nitrogens with one attached hydrogen (secondary N) is 2. The summed E-state index contributed by atoms with van der Waals surface area (Å²) in [6, 6.07) is 4.84. The predicted octanol–water partition coefficient (Wildman–Crippen LogP) is 1.10. The minimum Gasteiger partial charge on any atom is -0.316 e. The standard InChI is InChI=1S/C12H17FN2O2S/c13-11-1-3-12(4-2-11)18(16,17)15-8-6-10-5-7-14-9-10/h1-4,10,14-15H,5-9H2. The second kappa shape index (κ2) is 5.77.